The second-order valence-corrected chi connectivity index (χ2v) is 12.5. The Morgan fingerprint density at radius 1 is 0.490 bits per heavy atom. The molecule has 0 unspecified atom stereocenters. The van der Waals surface area contributed by atoms with Crippen LogP contribution in [0.1, 0.15) is 0 Å². The summed E-state index contributed by atoms with van der Waals surface area (Å²) in [5.41, 5.74) is 7.34. The van der Waals surface area contributed by atoms with E-state index in [0.717, 1.165) is 66.2 Å². The smallest absolute Gasteiger partial charge is 0.503 e. The minimum absolute atomic E-state index is 0. The molecule has 5 aromatic heterocycles. The van der Waals surface area contributed by atoms with Crippen molar-refractivity contribution in [1.29, 1.82) is 0 Å². The molecule has 0 aliphatic carbocycles. The van der Waals surface area contributed by atoms with Crippen LogP contribution in [-0.4, -0.2) is 23.5 Å². The van der Waals surface area contributed by atoms with Crippen LogP contribution in [-0.2, 0) is 21.1 Å². The molecule has 6 nitrogen and oxygen atoms in total. The van der Waals surface area contributed by atoms with Gasteiger partial charge >= 0.3 is 21.1 Å². The maximum Gasteiger partial charge on any atom is 2.00 e. The zero-order chi connectivity index (χ0) is 32.8. The molecule has 11 aromatic rings. The Labute approximate surface area is 306 Å². The van der Waals surface area contributed by atoms with Gasteiger partial charge in [-0.3, -0.25) is 4.98 Å². The van der Waals surface area contributed by atoms with Crippen molar-refractivity contribution in [3.05, 3.63) is 164 Å². The second-order valence-electron chi connectivity index (χ2n) is 12.5. The number of rotatable bonds is 4. The Hall–Kier alpha value is -6.23. The van der Waals surface area contributed by atoms with Gasteiger partial charge in [-0.15, -0.1) is 29.7 Å². The fourth-order valence-corrected chi connectivity index (χ4v) is 7.67. The number of para-hydroxylation sites is 3. The molecule has 5 heterocycles. The van der Waals surface area contributed by atoms with Gasteiger partial charge in [-0.2, -0.15) is 6.07 Å². The number of hydrogen-bond donors (Lipinski definition) is 0. The van der Waals surface area contributed by atoms with Crippen molar-refractivity contribution in [2.45, 2.75) is 0 Å². The molecular formula is C44H25N5OPt. The summed E-state index contributed by atoms with van der Waals surface area (Å²) in [6, 6.07) is 53.4. The van der Waals surface area contributed by atoms with Crippen molar-refractivity contribution < 1.29 is 25.8 Å². The van der Waals surface area contributed by atoms with Crippen LogP contribution >= 0.6 is 0 Å². The summed E-state index contributed by atoms with van der Waals surface area (Å²) in [6.07, 6.45) is 5.69. The van der Waals surface area contributed by atoms with Crippen LogP contribution in [0.5, 0.6) is 11.5 Å². The molecule has 7 heteroatoms. The molecule has 0 saturated carbocycles. The van der Waals surface area contributed by atoms with Crippen LogP contribution in [0.4, 0.5) is 0 Å². The maximum absolute atomic E-state index is 6.51. The molecule has 0 atom stereocenters. The van der Waals surface area contributed by atoms with Crippen LogP contribution in [0.3, 0.4) is 0 Å². The van der Waals surface area contributed by atoms with E-state index in [-0.39, 0.29) is 21.1 Å². The zero-order valence-corrected chi connectivity index (χ0v) is 29.2. The van der Waals surface area contributed by atoms with Crippen LogP contribution in [0.2, 0.25) is 0 Å². The first-order chi connectivity index (χ1) is 24.8. The minimum atomic E-state index is 0. The average molecular weight is 835 g/mol. The number of aromatic nitrogens is 5. The summed E-state index contributed by atoms with van der Waals surface area (Å²) >= 11 is 0. The quantitative estimate of drug-likeness (QED) is 0.131. The van der Waals surface area contributed by atoms with E-state index >= 15 is 0 Å². The fourth-order valence-electron chi connectivity index (χ4n) is 7.67. The molecule has 0 saturated heterocycles. The van der Waals surface area contributed by atoms with Gasteiger partial charge in [-0.1, -0.05) is 89.1 Å². The minimum Gasteiger partial charge on any atom is -0.503 e. The van der Waals surface area contributed by atoms with E-state index in [1.165, 1.54) is 16.3 Å². The normalized spacial score (nSPS) is 11.8. The monoisotopic (exact) mass is 834 g/mol. The number of imidazole rings is 1. The van der Waals surface area contributed by atoms with Crippen molar-refractivity contribution in [2.24, 2.45) is 0 Å². The van der Waals surface area contributed by atoms with Crippen LogP contribution in [0.15, 0.2) is 152 Å². The molecular weight excluding hydrogens is 810 g/mol. The summed E-state index contributed by atoms with van der Waals surface area (Å²) in [5.74, 6) is 2.03. The molecule has 0 aliphatic rings. The molecule has 6 aromatic carbocycles. The molecule has 0 spiro atoms. The second kappa shape index (κ2) is 11.4. The Morgan fingerprint density at radius 3 is 1.98 bits per heavy atom. The van der Waals surface area contributed by atoms with Crippen molar-refractivity contribution in [2.75, 3.05) is 0 Å². The van der Waals surface area contributed by atoms with E-state index < -0.39 is 0 Å². The predicted molar refractivity (Wildman–Crippen MR) is 201 cm³/mol. The number of fused-ring (bicyclic) bond motifs is 12. The number of hydrogen-bond acceptors (Lipinski definition) is 3. The molecule has 51 heavy (non-hydrogen) atoms. The van der Waals surface area contributed by atoms with Crippen molar-refractivity contribution in [3.63, 3.8) is 0 Å². The first kappa shape index (κ1) is 29.7. The van der Waals surface area contributed by atoms with E-state index in [2.05, 4.69) is 134 Å². The molecule has 0 radical (unpaired) electrons. The predicted octanol–water partition coefficient (Wildman–Crippen LogP) is 10.6. The van der Waals surface area contributed by atoms with E-state index in [4.69, 9.17) is 9.72 Å². The van der Waals surface area contributed by atoms with E-state index in [0.29, 0.717) is 11.5 Å². The van der Waals surface area contributed by atoms with Crippen molar-refractivity contribution in [3.8, 4) is 23.0 Å². The molecule has 242 valence electrons. The number of ether oxygens (including phenoxy) is 1. The summed E-state index contributed by atoms with van der Waals surface area (Å²) < 4.78 is 13.2. The van der Waals surface area contributed by atoms with Gasteiger partial charge in [0, 0.05) is 57.6 Å². The molecule has 0 bridgehead atoms. The Balaban J connectivity index is 0.00000327. The van der Waals surface area contributed by atoms with Gasteiger partial charge in [-0.05, 0) is 53.2 Å². The first-order valence-corrected chi connectivity index (χ1v) is 16.6. The fraction of sp³-hybridized carbons (Fsp3) is 0. The number of pyridine rings is 2. The third-order valence-corrected chi connectivity index (χ3v) is 9.79. The number of nitrogens with zero attached hydrogens (tertiary/aromatic N) is 5. The molecule has 0 fully saturated rings. The van der Waals surface area contributed by atoms with Gasteiger partial charge in [-0.25, -0.2) is 4.98 Å². The summed E-state index contributed by atoms with van der Waals surface area (Å²) in [6.45, 7) is 0. The third-order valence-electron chi connectivity index (χ3n) is 9.79. The Bertz CT molecular complexity index is 3130. The number of benzene rings is 6. The Morgan fingerprint density at radius 2 is 1.18 bits per heavy atom. The zero-order valence-electron chi connectivity index (χ0n) is 26.9. The van der Waals surface area contributed by atoms with E-state index in [1.807, 2.05) is 48.9 Å². The van der Waals surface area contributed by atoms with Gasteiger partial charge in [0.25, 0.3) is 0 Å². The van der Waals surface area contributed by atoms with Gasteiger partial charge in [0.05, 0.1) is 16.7 Å². The van der Waals surface area contributed by atoms with Crippen molar-refractivity contribution >= 4 is 70.9 Å². The molecule has 0 N–H and O–H groups in total. The summed E-state index contributed by atoms with van der Waals surface area (Å²) in [5, 5.41) is 7.74. The van der Waals surface area contributed by atoms with Gasteiger partial charge in [0.2, 0.25) is 0 Å². The van der Waals surface area contributed by atoms with Crippen LogP contribution in [0.25, 0.3) is 82.4 Å². The van der Waals surface area contributed by atoms with Gasteiger partial charge in [0.15, 0.2) is 0 Å². The molecule has 0 aliphatic heterocycles. The SMILES string of the molecule is [Pt+2].[c-]1c(Oc2[c-]c3c(cc2)c2ccccc2n3-c2ccccn2)ccc2c1c1nccn1c1cc3c(cc21)c1ccccc1n3-c1ccccc1. The first-order valence-electron chi connectivity index (χ1n) is 16.6. The van der Waals surface area contributed by atoms with Crippen LogP contribution < -0.4 is 4.74 Å². The van der Waals surface area contributed by atoms with Gasteiger partial charge < -0.3 is 18.3 Å². The van der Waals surface area contributed by atoms with Crippen LogP contribution in [0, 0.1) is 12.1 Å². The van der Waals surface area contributed by atoms with Crippen molar-refractivity contribution in [1.82, 2.24) is 23.5 Å². The van der Waals surface area contributed by atoms with Gasteiger partial charge in [0.1, 0.15) is 5.82 Å². The van der Waals surface area contributed by atoms with E-state index in [9.17, 15) is 0 Å². The van der Waals surface area contributed by atoms with E-state index in [1.54, 1.807) is 0 Å². The molecule has 11 rings (SSSR count). The largest absolute Gasteiger partial charge is 2.00 e. The molecule has 0 amide bonds. The standard InChI is InChI=1S/C44H25N5O.Pt/c1-2-10-28(11-3-1)48-38-14-6-5-13-33(38)36-26-35-31-19-17-29(24-37(31)44-46-22-23-47(44)40(35)27-42(36)48)50-30-18-20-34-32-12-4-7-15-39(32)49(41(34)25-30)43-16-8-9-21-45-43;/h1-23,26-27H;/q-2;+2. The maximum atomic E-state index is 6.51. The Kier molecular flexibility index (Phi) is 6.64. The summed E-state index contributed by atoms with van der Waals surface area (Å²) in [4.78, 5) is 9.47. The topological polar surface area (TPSA) is 49.3 Å². The summed E-state index contributed by atoms with van der Waals surface area (Å²) in [7, 11) is 0. The average Bonchev–Trinajstić information content (AvgIpc) is 3.88. The third kappa shape index (κ3) is 4.40.